The third-order valence-electron chi connectivity index (χ3n) is 5.93. The Labute approximate surface area is 168 Å². The monoisotopic (exact) mass is 389 g/mol. The van der Waals surface area contributed by atoms with Crippen molar-refractivity contribution in [2.75, 3.05) is 6.54 Å². The highest BCUT2D eigenvalue weighted by molar-refractivity contribution is 5.94. The van der Waals surface area contributed by atoms with Crippen LogP contribution >= 0.6 is 0 Å². The zero-order valence-electron chi connectivity index (χ0n) is 18.0. The van der Waals surface area contributed by atoms with Gasteiger partial charge in [-0.1, -0.05) is 13.8 Å². The smallest absolute Gasteiger partial charge is 0.417 e. The van der Waals surface area contributed by atoms with Crippen molar-refractivity contribution in [2.45, 2.75) is 84.8 Å². The summed E-state index contributed by atoms with van der Waals surface area (Å²) in [7, 11) is 0. The first kappa shape index (κ1) is 20.9. The molecule has 1 saturated heterocycles. The molecule has 1 aromatic rings. The van der Waals surface area contributed by atoms with Gasteiger partial charge in [-0.25, -0.2) is 14.7 Å². The molecular formula is C22H35N3O3. The highest BCUT2D eigenvalue weighted by Gasteiger charge is 2.38. The fourth-order valence-electron chi connectivity index (χ4n) is 4.41. The molecule has 2 amide bonds. The van der Waals surface area contributed by atoms with Crippen molar-refractivity contribution >= 4 is 12.0 Å². The Bertz CT molecular complexity index is 698. The first-order chi connectivity index (χ1) is 13.1. The number of hydrogen-bond donors (Lipinski definition) is 0. The van der Waals surface area contributed by atoms with Crippen LogP contribution in [0.4, 0.5) is 4.79 Å². The molecule has 1 aliphatic carbocycles. The minimum absolute atomic E-state index is 0.131. The van der Waals surface area contributed by atoms with Crippen LogP contribution in [0, 0.1) is 17.8 Å². The van der Waals surface area contributed by atoms with Gasteiger partial charge in [0, 0.05) is 31.1 Å². The number of amides is 2. The van der Waals surface area contributed by atoms with Gasteiger partial charge in [0.25, 0.3) is 0 Å². The van der Waals surface area contributed by atoms with Crippen LogP contribution in [-0.4, -0.2) is 38.6 Å². The summed E-state index contributed by atoms with van der Waals surface area (Å²) in [4.78, 5) is 31.3. The maximum Gasteiger partial charge on any atom is 0.417 e. The van der Waals surface area contributed by atoms with E-state index in [4.69, 9.17) is 4.74 Å². The normalized spacial score (nSPS) is 29.0. The molecule has 2 fully saturated rings. The molecule has 0 spiro atoms. The Morgan fingerprint density at radius 3 is 2.50 bits per heavy atom. The van der Waals surface area contributed by atoms with E-state index in [0.29, 0.717) is 19.0 Å². The van der Waals surface area contributed by atoms with Gasteiger partial charge in [-0.15, -0.1) is 0 Å². The average molecular weight is 390 g/mol. The van der Waals surface area contributed by atoms with Crippen LogP contribution in [0.3, 0.4) is 0 Å². The number of carbonyl (C=O) groups excluding carboxylic acids is 2. The number of hydrogen-bond acceptors (Lipinski definition) is 4. The van der Waals surface area contributed by atoms with Gasteiger partial charge >= 0.3 is 6.09 Å². The summed E-state index contributed by atoms with van der Waals surface area (Å²) in [6.07, 6.45) is 9.78. The third kappa shape index (κ3) is 5.15. The minimum atomic E-state index is -0.607. The van der Waals surface area contributed by atoms with Gasteiger partial charge in [0.05, 0.1) is 12.0 Å². The number of carbonyl (C=O) groups is 2. The molecule has 0 bridgehead atoms. The van der Waals surface area contributed by atoms with Crippen LogP contribution in [0.25, 0.3) is 0 Å². The molecule has 1 aromatic heterocycles. The highest BCUT2D eigenvalue weighted by atomic mass is 16.6. The van der Waals surface area contributed by atoms with Crippen molar-refractivity contribution in [3.05, 3.63) is 18.2 Å². The lowest BCUT2D eigenvalue weighted by Gasteiger charge is -2.35. The molecule has 2 aliphatic rings. The van der Waals surface area contributed by atoms with E-state index >= 15 is 0 Å². The van der Waals surface area contributed by atoms with Crippen molar-refractivity contribution in [2.24, 2.45) is 17.8 Å². The largest absolute Gasteiger partial charge is 0.443 e. The molecule has 156 valence electrons. The van der Waals surface area contributed by atoms with E-state index in [9.17, 15) is 9.59 Å². The summed E-state index contributed by atoms with van der Waals surface area (Å²) in [6.45, 7) is 10.3. The maximum absolute atomic E-state index is 12.9. The number of nitrogens with zero attached hydrogens (tertiary/aromatic N) is 3. The third-order valence-corrected chi connectivity index (χ3v) is 5.93. The molecule has 28 heavy (non-hydrogen) atoms. The molecule has 0 aromatic carbocycles. The predicted molar refractivity (Wildman–Crippen MR) is 108 cm³/mol. The van der Waals surface area contributed by atoms with E-state index in [1.165, 1.54) is 30.6 Å². The van der Waals surface area contributed by atoms with Crippen molar-refractivity contribution < 1.29 is 14.3 Å². The van der Waals surface area contributed by atoms with E-state index in [-0.39, 0.29) is 17.7 Å². The average Bonchev–Trinajstić information content (AvgIpc) is 3.05. The lowest BCUT2D eigenvalue weighted by molar-refractivity contribution is -0.138. The molecule has 2 atom stereocenters. The van der Waals surface area contributed by atoms with Crippen LogP contribution in [-0.2, 0) is 16.0 Å². The first-order valence-corrected chi connectivity index (χ1v) is 10.7. The summed E-state index contributed by atoms with van der Waals surface area (Å²) < 4.78 is 7.66. The quantitative estimate of drug-likeness (QED) is 0.758. The van der Waals surface area contributed by atoms with Crippen LogP contribution in [0.5, 0.6) is 0 Å². The summed E-state index contributed by atoms with van der Waals surface area (Å²) in [6, 6.07) is 0.525. The van der Waals surface area contributed by atoms with Gasteiger partial charge in [-0.05, 0) is 64.7 Å². The number of piperidine rings is 1. The first-order valence-electron chi connectivity index (χ1n) is 10.7. The van der Waals surface area contributed by atoms with Crippen molar-refractivity contribution in [1.82, 2.24) is 14.5 Å². The molecule has 6 nitrogen and oxygen atoms in total. The molecule has 0 radical (unpaired) electrons. The highest BCUT2D eigenvalue weighted by Crippen LogP contribution is 2.32. The molecular weight excluding hydrogens is 354 g/mol. The summed E-state index contributed by atoms with van der Waals surface area (Å²) in [5.41, 5.74) is 0.333. The Hall–Kier alpha value is -1.85. The van der Waals surface area contributed by atoms with Gasteiger partial charge in [0.15, 0.2) is 0 Å². The fourth-order valence-corrected chi connectivity index (χ4v) is 4.41. The maximum atomic E-state index is 12.9. The molecule has 6 heteroatoms. The lowest BCUT2D eigenvalue weighted by atomic mass is 9.86. The Morgan fingerprint density at radius 1 is 1.18 bits per heavy atom. The molecule has 3 rings (SSSR count). The van der Waals surface area contributed by atoms with E-state index in [0.717, 1.165) is 18.0 Å². The van der Waals surface area contributed by atoms with Gasteiger partial charge in [-0.2, -0.15) is 0 Å². The second-order valence-electron chi connectivity index (χ2n) is 9.90. The summed E-state index contributed by atoms with van der Waals surface area (Å²) in [5, 5.41) is 0. The minimum Gasteiger partial charge on any atom is -0.443 e. The lowest BCUT2D eigenvalue weighted by Crippen LogP contribution is -2.50. The number of imide groups is 1. The van der Waals surface area contributed by atoms with E-state index in [1.54, 1.807) is 0 Å². The zero-order chi connectivity index (χ0) is 20.5. The van der Waals surface area contributed by atoms with E-state index in [1.807, 2.05) is 27.1 Å². The molecule has 0 unspecified atom stereocenters. The number of ether oxygens (including phenoxy) is 1. The summed E-state index contributed by atoms with van der Waals surface area (Å²) >= 11 is 0. The van der Waals surface area contributed by atoms with Crippen molar-refractivity contribution in [1.29, 1.82) is 0 Å². The van der Waals surface area contributed by atoms with Crippen LogP contribution < -0.4 is 0 Å². The SMILES string of the molecule is CC1CCC(n2cnc(C[C@H]3C[C@H](C)CN(C(=O)OC(C)(C)C)C3=O)c2)CC1. The van der Waals surface area contributed by atoms with Crippen molar-refractivity contribution in [3.63, 3.8) is 0 Å². The Balaban J connectivity index is 1.65. The Kier molecular flexibility index (Phi) is 6.15. The second-order valence-corrected chi connectivity index (χ2v) is 9.90. The molecule has 1 saturated carbocycles. The standard InChI is InChI=1S/C22H35N3O3/c1-15-6-8-19(9-7-15)24-13-18(23-14-24)11-17-10-16(2)12-25(20(17)26)21(27)28-22(3,4)5/h13-17,19H,6-12H2,1-5H3/t15?,16-,17+,19?/m0/s1. The fraction of sp³-hybridized carbons (Fsp3) is 0.773. The van der Waals surface area contributed by atoms with Crippen molar-refractivity contribution in [3.8, 4) is 0 Å². The van der Waals surface area contributed by atoms with Gasteiger partial charge in [0.2, 0.25) is 5.91 Å². The number of likely N-dealkylation sites (tertiary alicyclic amines) is 1. The van der Waals surface area contributed by atoms with Crippen LogP contribution in [0.1, 0.15) is 78.5 Å². The van der Waals surface area contributed by atoms with Gasteiger partial charge in [-0.3, -0.25) is 4.79 Å². The van der Waals surface area contributed by atoms with Gasteiger partial charge in [0.1, 0.15) is 5.60 Å². The topological polar surface area (TPSA) is 64.4 Å². The zero-order valence-corrected chi connectivity index (χ0v) is 18.0. The molecule has 1 aliphatic heterocycles. The second kappa shape index (κ2) is 8.26. The summed E-state index contributed by atoms with van der Waals surface area (Å²) in [5.74, 6) is 0.732. The van der Waals surface area contributed by atoms with Crippen LogP contribution in [0.2, 0.25) is 0 Å². The predicted octanol–water partition coefficient (Wildman–Crippen LogP) is 4.60. The van der Waals surface area contributed by atoms with Crippen LogP contribution in [0.15, 0.2) is 12.5 Å². The number of rotatable bonds is 3. The van der Waals surface area contributed by atoms with E-state index in [2.05, 4.69) is 29.6 Å². The molecule has 2 heterocycles. The number of imidazole rings is 1. The van der Waals surface area contributed by atoms with Gasteiger partial charge < -0.3 is 9.30 Å². The molecule has 0 N–H and O–H groups in total. The van der Waals surface area contributed by atoms with E-state index < -0.39 is 11.7 Å². The number of aromatic nitrogens is 2. The Morgan fingerprint density at radius 2 is 1.86 bits per heavy atom.